The van der Waals surface area contributed by atoms with Crippen LogP contribution in [0.2, 0.25) is 0 Å². The Morgan fingerprint density at radius 2 is 1.38 bits per heavy atom. The number of hydrogen-bond acceptors (Lipinski definition) is 7. The summed E-state index contributed by atoms with van der Waals surface area (Å²) in [6.07, 6.45) is 0.147. The van der Waals surface area contributed by atoms with E-state index in [2.05, 4.69) is 4.74 Å². The monoisotopic (exact) mass is 360 g/mol. The number of ether oxygens (including phenoxy) is 5. The van der Waals surface area contributed by atoms with Crippen LogP contribution in [-0.2, 0) is 16.0 Å². The van der Waals surface area contributed by atoms with Crippen LogP contribution < -0.4 is 18.9 Å². The molecule has 26 heavy (non-hydrogen) atoms. The predicted molar refractivity (Wildman–Crippen MR) is 93.2 cm³/mol. The first-order chi connectivity index (χ1) is 12.5. The molecule has 0 N–H and O–H groups in total. The van der Waals surface area contributed by atoms with E-state index in [1.807, 2.05) is 0 Å². The number of carbonyl (C=O) groups excluding carboxylic acids is 2. The summed E-state index contributed by atoms with van der Waals surface area (Å²) < 4.78 is 25.6. The van der Waals surface area contributed by atoms with Crippen molar-refractivity contribution < 1.29 is 33.3 Å². The quantitative estimate of drug-likeness (QED) is 0.555. The van der Waals surface area contributed by atoms with Crippen LogP contribution >= 0.6 is 0 Å². The minimum Gasteiger partial charge on any atom is -0.496 e. The van der Waals surface area contributed by atoms with Gasteiger partial charge < -0.3 is 23.7 Å². The first-order valence-electron chi connectivity index (χ1n) is 7.70. The molecule has 0 heterocycles. The van der Waals surface area contributed by atoms with Gasteiger partial charge in [0.15, 0.2) is 11.5 Å². The lowest BCUT2D eigenvalue weighted by Gasteiger charge is -2.13. The molecule has 0 fully saturated rings. The number of carbonyl (C=O) groups is 2. The summed E-state index contributed by atoms with van der Waals surface area (Å²) in [5.41, 5.74) is 0.948. The molecule has 0 spiro atoms. The average Bonchev–Trinajstić information content (AvgIpc) is 2.67. The van der Waals surface area contributed by atoms with Crippen LogP contribution in [-0.4, -0.2) is 40.4 Å². The molecule has 0 saturated carbocycles. The molecule has 0 saturated heterocycles. The Morgan fingerprint density at radius 3 is 1.92 bits per heavy atom. The van der Waals surface area contributed by atoms with Crippen LogP contribution in [0.3, 0.4) is 0 Å². The van der Waals surface area contributed by atoms with E-state index >= 15 is 0 Å². The van der Waals surface area contributed by atoms with Gasteiger partial charge in [0.25, 0.3) is 0 Å². The van der Waals surface area contributed by atoms with Gasteiger partial charge in [0.2, 0.25) is 0 Å². The van der Waals surface area contributed by atoms with Crippen molar-refractivity contribution in [1.29, 1.82) is 0 Å². The van der Waals surface area contributed by atoms with Crippen molar-refractivity contribution in [1.82, 2.24) is 0 Å². The van der Waals surface area contributed by atoms with E-state index in [1.54, 1.807) is 30.3 Å². The smallest absolute Gasteiger partial charge is 0.347 e. The highest BCUT2D eigenvalue weighted by molar-refractivity contribution is 5.95. The molecule has 0 unspecified atom stereocenters. The van der Waals surface area contributed by atoms with Gasteiger partial charge in [-0.15, -0.1) is 0 Å². The van der Waals surface area contributed by atoms with Gasteiger partial charge in [0.05, 0.1) is 34.9 Å². The van der Waals surface area contributed by atoms with E-state index in [9.17, 15) is 9.59 Å². The lowest BCUT2D eigenvalue weighted by molar-refractivity contribution is -0.139. The van der Waals surface area contributed by atoms with Gasteiger partial charge >= 0.3 is 11.9 Å². The van der Waals surface area contributed by atoms with Gasteiger partial charge in [0.1, 0.15) is 17.1 Å². The minimum atomic E-state index is -0.608. The number of methoxy groups -OCH3 is 4. The highest BCUT2D eigenvalue weighted by atomic mass is 16.5. The largest absolute Gasteiger partial charge is 0.496 e. The fourth-order valence-electron chi connectivity index (χ4n) is 2.26. The summed E-state index contributed by atoms with van der Waals surface area (Å²) in [4.78, 5) is 23.8. The molecule has 0 bridgehead atoms. The second-order valence-electron chi connectivity index (χ2n) is 5.19. The SMILES string of the molecule is COC(=O)Cc1ccc(OC(=O)c2cc(OC)c(OC)cc2OC)cc1. The normalized spacial score (nSPS) is 10.0. The Balaban J connectivity index is 2.20. The van der Waals surface area contributed by atoms with E-state index in [-0.39, 0.29) is 18.0 Å². The molecule has 0 radical (unpaired) electrons. The third-order valence-corrected chi connectivity index (χ3v) is 3.64. The maximum Gasteiger partial charge on any atom is 0.347 e. The Hall–Kier alpha value is -3.22. The summed E-state index contributed by atoms with van der Waals surface area (Å²) in [7, 11) is 5.74. The third kappa shape index (κ3) is 4.44. The van der Waals surface area contributed by atoms with Gasteiger partial charge in [-0.2, -0.15) is 0 Å². The van der Waals surface area contributed by atoms with Gasteiger partial charge in [-0.25, -0.2) is 4.79 Å². The van der Waals surface area contributed by atoms with Crippen molar-refractivity contribution in [3.8, 4) is 23.0 Å². The van der Waals surface area contributed by atoms with E-state index in [0.29, 0.717) is 23.0 Å². The first-order valence-corrected chi connectivity index (χ1v) is 7.70. The van der Waals surface area contributed by atoms with Crippen LogP contribution in [0.1, 0.15) is 15.9 Å². The molecular formula is C19H20O7. The highest BCUT2D eigenvalue weighted by Crippen LogP contribution is 2.35. The Bertz CT molecular complexity index is 781. The second-order valence-corrected chi connectivity index (χ2v) is 5.19. The molecule has 0 aliphatic rings. The number of hydrogen-bond donors (Lipinski definition) is 0. The van der Waals surface area contributed by atoms with E-state index in [4.69, 9.17) is 18.9 Å². The van der Waals surface area contributed by atoms with E-state index < -0.39 is 5.97 Å². The van der Waals surface area contributed by atoms with E-state index in [0.717, 1.165) is 5.56 Å². The molecule has 2 rings (SSSR count). The van der Waals surface area contributed by atoms with Crippen LogP contribution in [0.15, 0.2) is 36.4 Å². The Kier molecular flexibility index (Phi) is 6.43. The van der Waals surface area contributed by atoms with Crippen LogP contribution in [0.5, 0.6) is 23.0 Å². The fraction of sp³-hybridized carbons (Fsp3) is 0.263. The van der Waals surface area contributed by atoms with Gasteiger partial charge in [0, 0.05) is 12.1 Å². The van der Waals surface area contributed by atoms with Crippen LogP contribution in [0.25, 0.3) is 0 Å². The molecule has 0 atom stereocenters. The van der Waals surface area contributed by atoms with Crippen molar-refractivity contribution in [3.05, 3.63) is 47.5 Å². The lowest BCUT2D eigenvalue weighted by Crippen LogP contribution is -2.11. The van der Waals surface area contributed by atoms with Crippen molar-refractivity contribution in [2.24, 2.45) is 0 Å². The average molecular weight is 360 g/mol. The van der Waals surface area contributed by atoms with Crippen LogP contribution in [0, 0.1) is 0 Å². The van der Waals surface area contributed by atoms with Crippen molar-refractivity contribution >= 4 is 11.9 Å². The summed E-state index contributed by atoms with van der Waals surface area (Å²) in [5, 5.41) is 0. The van der Waals surface area contributed by atoms with Crippen molar-refractivity contribution in [2.75, 3.05) is 28.4 Å². The second kappa shape index (κ2) is 8.75. The third-order valence-electron chi connectivity index (χ3n) is 3.64. The molecule has 0 amide bonds. The highest BCUT2D eigenvalue weighted by Gasteiger charge is 2.19. The number of esters is 2. The van der Waals surface area contributed by atoms with Gasteiger partial charge in [-0.1, -0.05) is 12.1 Å². The standard InChI is InChI=1S/C19H20O7/c1-22-15-11-17(24-3)16(23-2)10-14(15)19(21)26-13-7-5-12(6-8-13)9-18(20)25-4/h5-8,10-11H,9H2,1-4H3. The van der Waals surface area contributed by atoms with Gasteiger partial charge in [-0.3, -0.25) is 4.79 Å². The fourth-order valence-corrected chi connectivity index (χ4v) is 2.26. The molecule has 0 aliphatic carbocycles. The number of benzene rings is 2. The Labute approximate surface area is 151 Å². The number of rotatable bonds is 7. The molecule has 0 aromatic heterocycles. The predicted octanol–water partition coefficient (Wildman–Crippen LogP) is 2.65. The lowest BCUT2D eigenvalue weighted by atomic mass is 10.1. The summed E-state index contributed by atoms with van der Waals surface area (Å²) in [5.74, 6) is 0.505. The summed E-state index contributed by atoms with van der Waals surface area (Å²) in [6, 6.07) is 9.62. The molecule has 2 aromatic rings. The topological polar surface area (TPSA) is 80.3 Å². The Morgan fingerprint density at radius 1 is 0.808 bits per heavy atom. The molecule has 0 aliphatic heterocycles. The maximum absolute atomic E-state index is 12.5. The van der Waals surface area contributed by atoms with Crippen molar-refractivity contribution in [3.63, 3.8) is 0 Å². The van der Waals surface area contributed by atoms with Gasteiger partial charge in [-0.05, 0) is 17.7 Å². The zero-order chi connectivity index (χ0) is 19.1. The van der Waals surface area contributed by atoms with E-state index in [1.165, 1.54) is 34.5 Å². The summed E-state index contributed by atoms with van der Waals surface area (Å²) in [6.45, 7) is 0. The minimum absolute atomic E-state index is 0.147. The molecular weight excluding hydrogens is 340 g/mol. The van der Waals surface area contributed by atoms with Crippen molar-refractivity contribution in [2.45, 2.75) is 6.42 Å². The molecule has 138 valence electrons. The molecule has 7 heteroatoms. The first kappa shape index (κ1) is 19.1. The zero-order valence-corrected chi connectivity index (χ0v) is 15.0. The van der Waals surface area contributed by atoms with Crippen LogP contribution in [0.4, 0.5) is 0 Å². The molecule has 2 aromatic carbocycles. The maximum atomic E-state index is 12.5. The summed E-state index contributed by atoms with van der Waals surface area (Å²) >= 11 is 0. The molecule has 7 nitrogen and oxygen atoms in total. The zero-order valence-electron chi connectivity index (χ0n) is 15.0.